The van der Waals surface area contributed by atoms with E-state index in [4.69, 9.17) is 10.1 Å². The van der Waals surface area contributed by atoms with Crippen molar-refractivity contribution in [2.24, 2.45) is 5.92 Å². The number of fused-ring (bicyclic) bond motifs is 1. The molecule has 2 aliphatic rings. The molecule has 28 heavy (non-hydrogen) atoms. The smallest absolute Gasteiger partial charge is 0.316 e. The molecule has 154 valence electrons. The largest absolute Gasteiger partial charge is 0.391 e. The Morgan fingerprint density at radius 2 is 1.89 bits per heavy atom. The molecule has 1 saturated heterocycles. The number of halogens is 3. The standard InChI is InChI=1S/C21H29F3N4/c1-3-17-13(2)26-19-11-18(14-6-8-16(9-7-14)21(22,23)24)27-28(19)20(17)15-5-4-10-25-12-15/h11,14-16,25H,3-10,12H2,1-2H3/t14-,15-,16-/m0/s1. The number of hydrogen-bond acceptors (Lipinski definition) is 3. The van der Waals surface area contributed by atoms with Crippen LogP contribution in [0.4, 0.5) is 13.2 Å². The van der Waals surface area contributed by atoms with E-state index in [0.29, 0.717) is 18.8 Å². The Morgan fingerprint density at radius 3 is 2.50 bits per heavy atom. The number of nitrogens with one attached hydrogen (secondary N) is 1. The maximum Gasteiger partial charge on any atom is 0.391 e. The fourth-order valence-electron chi connectivity index (χ4n) is 5.06. The summed E-state index contributed by atoms with van der Waals surface area (Å²) >= 11 is 0. The summed E-state index contributed by atoms with van der Waals surface area (Å²) in [5, 5.41) is 8.38. The van der Waals surface area contributed by atoms with Gasteiger partial charge in [-0.1, -0.05) is 6.92 Å². The molecule has 0 aromatic carbocycles. The van der Waals surface area contributed by atoms with Crippen molar-refractivity contribution in [2.75, 3.05) is 13.1 Å². The van der Waals surface area contributed by atoms with Crippen LogP contribution in [-0.2, 0) is 6.42 Å². The Labute approximate surface area is 163 Å². The second kappa shape index (κ2) is 7.65. The molecule has 0 amide bonds. The Bertz CT molecular complexity index is 828. The third-order valence-electron chi connectivity index (χ3n) is 6.61. The van der Waals surface area contributed by atoms with Crippen molar-refractivity contribution in [1.29, 1.82) is 0 Å². The lowest BCUT2D eigenvalue weighted by Crippen LogP contribution is -2.30. The topological polar surface area (TPSA) is 42.2 Å². The Hall–Kier alpha value is -1.63. The molecule has 4 nitrogen and oxygen atoms in total. The average molecular weight is 394 g/mol. The van der Waals surface area contributed by atoms with E-state index in [1.807, 2.05) is 10.6 Å². The number of hydrogen-bond donors (Lipinski definition) is 1. The van der Waals surface area contributed by atoms with Gasteiger partial charge in [0.1, 0.15) is 0 Å². The number of alkyl halides is 3. The fourth-order valence-corrected chi connectivity index (χ4v) is 5.06. The summed E-state index contributed by atoms with van der Waals surface area (Å²) in [5.41, 5.74) is 5.29. The summed E-state index contributed by atoms with van der Waals surface area (Å²) in [4.78, 5) is 4.77. The highest BCUT2D eigenvalue weighted by atomic mass is 19.4. The monoisotopic (exact) mass is 394 g/mol. The van der Waals surface area contributed by atoms with Gasteiger partial charge in [0.2, 0.25) is 0 Å². The van der Waals surface area contributed by atoms with Crippen molar-refractivity contribution in [3.05, 3.63) is 28.7 Å². The van der Waals surface area contributed by atoms with Crippen LogP contribution >= 0.6 is 0 Å². The third kappa shape index (κ3) is 3.65. The minimum absolute atomic E-state index is 0.100. The minimum atomic E-state index is -4.07. The Balaban J connectivity index is 1.67. The number of nitrogens with zero attached hydrogens (tertiary/aromatic N) is 3. The van der Waals surface area contributed by atoms with E-state index in [0.717, 1.165) is 49.4 Å². The maximum absolute atomic E-state index is 13.0. The first kappa shape index (κ1) is 19.7. The zero-order valence-electron chi connectivity index (χ0n) is 16.6. The van der Waals surface area contributed by atoms with Gasteiger partial charge < -0.3 is 5.32 Å². The molecule has 2 aromatic rings. The van der Waals surface area contributed by atoms with Gasteiger partial charge in [-0.2, -0.15) is 18.3 Å². The molecule has 1 saturated carbocycles. The number of aromatic nitrogens is 3. The van der Waals surface area contributed by atoms with Gasteiger partial charge in [-0.15, -0.1) is 0 Å². The second-order valence-electron chi connectivity index (χ2n) is 8.39. The summed E-state index contributed by atoms with van der Waals surface area (Å²) in [7, 11) is 0. The van der Waals surface area contributed by atoms with E-state index >= 15 is 0 Å². The molecule has 1 aliphatic carbocycles. The molecular weight excluding hydrogens is 365 g/mol. The van der Waals surface area contributed by atoms with Crippen LogP contribution in [0.1, 0.15) is 79.9 Å². The molecule has 0 spiro atoms. The van der Waals surface area contributed by atoms with E-state index in [1.54, 1.807) is 0 Å². The molecule has 2 aromatic heterocycles. The summed E-state index contributed by atoms with van der Waals surface area (Å²) in [5.74, 6) is -0.652. The SMILES string of the molecule is CCc1c(C)nc2cc([C@H]3CC[C@H](C(F)(F)F)CC3)nn2c1[C@H]1CCCNC1. The van der Waals surface area contributed by atoms with Crippen LogP contribution in [0, 0.1) is 12.8 Å². The first-order valence-corrected chi connectivity index (χ1v) is 10.5. The molecule has 0 bridgehead atoms. The van der Waals surface area contributed by atoms with Crippen LogP contribution < -0.4 is 5.32 Å². The summed E-state index contributed by atoms with van der Waals surface area (Å²) in [6, 6.07) is 2.00. The predicted molar refractivity (Wildman–Crippen MR) is 103 cm³/mol. The molecule has 1 atom stereocenters. The van der Waals surface area contributed by atoms with Gasteiger partial charge >= 0.3 is 6.18 Å². The van der Waals surface area contributed by atoms with Gasteiger partial charge in [-0.3, -0.25) is 0 Å². The summed E-state index contributed by atoms with van der Waals surface area (Å²) in [6.07, 6.45) is 0.618. The highest BCUT2D eigenvalue weighted by Crippen LogP contribution is 2.43. The third-order valence-corrected chi connectivity index (χ3v) is 6.61. The molecule has 0 unspecified atom stereocenters. The van der Waals surface area contributed by atoms with Crippen molar-refractivity contribution in [2.45, 2.75) is 76.8 Å². The van der Waals surface area contributed by atoms with E-state index < -0.39 is 12.1 Å². The highest BCUT2D eigenvalue weighted by Gasteiger charge is 2.42. The lowest BCUT2D eigenvalue weighted by molar-refractivity contribution is -0.182. The molecule has 7 heteroatoms. The zero-order valence-corrected chi connectivity index (χ0v) is 16.6. The van der Waals surface area contributed by atoms with Crippen molar-refractivity contribution in [3.8, 4) is 0 Å². The second-order valence-corrected chi connectivity index (χ2v) is 8.39. The number of aryl methyl sites for hydroxylation is 1. The van der Waals surface area contributed by atoms with Gasteiger partial charge in [0, 0.05) is 30.1 Å². The van der Waals surface area contributed by atoms with Crippen molar-refractivity contribution in [1.82, 2.24) is 19.9 Å². The van der Waals surface area contributed by atoms with Crippen molar-refractivity contribution >= 4 is 5.65 Å². The average Bonchev–Trinajstić information content (AvgIpc) is 3.10. The van der Waals surface area contributed by atoms with E-state index in [2.05, 4.69) is 19.2 Å². The quantitative estimate of drug-likeness (QED) is 0.805. The Morgan fingerprint density at radius 1 is 1.14 bits per heavy atom. The molecule has 3 heterocycles. The van der Waals surface area contributed by atoms with Crippen LogP contribution in [0.25, 0.3) is 5.65 Å². The van der Waals surface area contributed by atoms with Crippen LogP contribution in [0.15, 0.2) is 6.07 Å². The zero-order chi connectivity index (χ0) is 19.9. The molecule has 2 fully saturated rings. The first-order valence-electron chi connectivity index (χ1n) is 10.5. The van der Waals surface area contributed by atoms with E-state index in [1.165, 1.54) is 11.3 Å². The first-order chi connectivity index (χ1) is 13.4. The van der Waals surface area contributed by atoms with Crippen LogP contribution in [0.5, 0.6) is 0 Å². The molecule has 0 radical (unpaired) electrons. The van der Waals surface area contributed by atoms with E-state index in [9.17, 15) is 13.2 Å². The van der Waals surface area contributed by atoms with Gasteiger partial charge in [0.15, 0.2) is 5.65 Å². The van der Waals surface area contributed by atoms with Gasteiger partial charge in [0.05, 0.1) is 17.3 Å². The molecule has 1 N–H and O–H groups in total. The molecular formula is C21H29F3N4. The fraction of sp³-hybridized carbons (Fsp3) is 0.714. The van der Waals surface area contributed by atoms with Gasteiger partial charge in [-0.05, 0) is 64.0 Å². The normalized spacial score (nSPS) is 26.7. The van der Waals surface area contributed by atoms with Crippen LogP contribution in [0.3, 0.4) is 0 Å². The highest BCUT2D eigenvalue weighted by molar-refractivity contribution is 5.46. The predicted octanol–water partition coefficient (Wildman–Crippen LogP) is 4.90. The summed E-state index contributed by atoms with van der Waals surface area (Å²) < 4.78 is 41.0. The number of piperidine rings is 1. The lowest BCUT2D eigenvalue weighted by atomic mass is 9.80. The Kier molecular flexibility index (Phi) is 5.38. The van der Waals surface area contributed by atoms with E-state index in [-0.39, 0.29) is 18.8 Å². The molecule has 1 aliphatic heterocycles. The lowest BCUT2D eigenvalue weighted by Gasteiger charge is -2.29. The van der Waals surface area contributed by atoms with Gasteiger partial charge in [-0.25, -0.2) is 9.50 Å². The van der Waals surface area contributed by atoms with Crippen LogP contribution in [0.2, 0.25) is 0 Å². The number of rotatable bonds is 3. The van der Waals surface area contributed by atoms with Gasteiger partial charge in [0.25, 0.3) is 0 Å². The minimum Gasteiger partial charge on any atom is -0.316 e. The summed E-state index contributed by atoms with van der Waals surface area (Å²) in [6.45, 7) is 6.20. The van der Waals surface area contributed by atoms with Crippen molar-refractivity contribution in [3.63, 3.8) is 0 Å². The van der Waals surface area contributed by atoms with Crippen LogP contribution in [-0.4, -0.2) is 33.9 Å². The maximum atomic E-state index is 13.0. The van der Waals surface area contributed by atoms with Crippen molar-refractivity contribution < 1.29 is 13.2 Å². The molecule has 4 rings (SSSR count).